The van der Waals surface area contributed by atoms with Crippen LogP contribution in [0.2, 0.25) is 0 Å². The van der Waals surface area contributed by atoms with Crippen LogP contribution in [-0.2, 0) is 4.79 Å². The van der Waals surface area contributed by atoms with E-state index >= 15 is 0 Å². The monoisotopic (exact) mass is 169 g/mol. The molecule has 0 bridgehead atoms. The fraction of sp³-hybridized carbons (Fsp3) is 0.700. The van der Waals surface area contributed by atoms with Crippen molar-refractivity contribution >= 4 is 5.91 Å². The number of hydrogen-bond acceptors (Lipinski definition) is 1. The number of rotatable bonds is 3. The van der Waals surface area contributed by atoms with E-state index in [1.54, 1.807) is 0 Å². The van der Waals surface area contributed by atoms with E-state index in [1.165, 1.54) is 0 Å². The van der Waals surface area contributed by atoms with Crippen molar-refractivity contribution in [2.24, 2.45) is 5.92 Å². The van der Waals surface area contributed by atoms with Gasteiger partial charge in [0.15, 0.2) is 0 Å². The molecule has 0 aromatic heterocycles. The highest BCUT2D eigenvalue weighted by molar-refractivity contribution is 5.78. The number of nitrogens with one attached hydrogen (secondary N) is 1. The summed E-state index contributed by atoms with van der Waals surface area (Å²) in [7, 11) is 0. The number of carbonyl (C=O) groups is 1. The molecule has 0 aliphatic rings. The van der Waals surface area contributed by atoms with Gasteiger partial charge in [0.05, 0.1) is 5.54 Å². The molecule has 0 aromatic carbocycles. The van der Waals surface area contributed by atoms with Crippen molar-refractivity contribution in [3.05, 3.63) is 12.2 Å². The van der Waals surface area contributed by atoms with Crippen LogP contribution in [0.15, 0.2) is 12.2 Å². The first-order chi connectivity index (χ1) is 5.39. The van der Waals surface area contributed by atoms with Crippen LogP contribution in [0.4, 0.5) is 0 Å². The third kappa shape index (κ3) is 4.16. The SMILES string of the molecule is C/C=C/C(C)(C)NC(=O)C(C)C. The maximum Gasteiger partial charge on any atom is 0.223 e. The van der Waals surface area contributed by atoms with Gasteiger partial charge in [0.2, 0.25) is 5.91 Å². The molecule has 12 heavy (non-hydrogen) atoms. The van der Waals surface area contributed by atoms with Crippen LogP contribution in [-0.4, -0.2) is 11.4 Å². The Balaban J connectivity index is 4.15. The fourth-order valence-corrected chi connectivity index (χ4v) is 0.920. The summed E-state index contributed by atoms with van der Waals surface area (Å²) in [5.74, 6) is 0.146. The van der Waals surface area contributed by atoms with Gasteiger partial charge in [-0.05, 0) is 20.8 Å². The van der Waals surface area contributed by atoms with E-state index < -0.39 is 0 Å². The van der Waals surface area contributed by atoms with Crippen molar-refractivity contribution in [3.8, 4) is 0 Å². The number of allylic oxidation sites excluding steroid dienone is 1. The van der Waals surface area contributed by atoms with Gasteiger partial charge in [0.25, 0.3) is 0 Å². The molecule has 0 atom stereocenters. The molecular formula is C10H19NO. The lowest BCUT2D eigenvalue weighted by atomic mass is 10.0. The van der Waals surface area contributed by atoms with E-state index in [-0.39, 0.29) is 17.4 Å². The Kier molecular flexibility index (Phi) is 4.01. The van der Waals surface area contributed by atoms with Crippen molar-refractivity contribution < 1.29 is 4.79 Å². The Morgan fingerprint density at radius 1 is 1.42 bits per heavy atom. The molecule has 2 nitrogen and oxygen atoms in total. The Labute approximate surface area is 75.0 Å². The van der Waals surface area contributed by atoms with Gasteiger partial charge in [-0.2, -0.15) is 0 Å². The van der Waals surface area contributed by atoms with Gasteiger partial charge < -0.3 is 5.32 Å². The van der Waals surface area contributed by atoms with E-state index in [0.717, 1.165) is 0 Å². The number of hydrogen-bond donors (Lipinski definition) is 1. The summed E-state index contributed by atoms with van der Waals surface area (Å²) in [4.78, 5) is 11.3. The average molecular weight is 169 g/mol. The molecule has 0 aliphatic carbocycles. The molecule has 0 unspecified atom stereocenters. The standard InChI is InChI=1S/C10H19NO/c1-6-7-10(4,5)11-9(12)8(2)3/h6-8H,1-5H3,(H,11,12)/b7-6+. The highest BCUT2D eigenvalue weighted by Gasteiger charge is 2.17. The number of carbonyl (C=O) groups excluding carboxylic acids is 1. The van der Waals surface area contributed by atoms with Crippen LogP contribution in [0, 0.1) is 5.92 Å². The van der Waals surface area contributed by atoms with E-state index in [9.17, 15) is 4.79 Å². The Hall–Kier alpha value is -0.790. The van der Waals surface area contributed by atoms with Crippen LogP contribution < -0.4 is 5.32 Å². The van der Waals surface area contributed by atoms with Crippen molar-refractivity contribution in [1.82, 2.24) is 5.32 Å². The first-order valence-electron chi connectivity index (χ1n) is 4.35. The summed E-state index contributed by atoms with van der Waals surface area (Å²) in [5.41, 5.74) is -0.226. The van der Waals surface area contributed by atoms with Crippen molar-refractivity contribution in [1.29, 1.82) is 0 Å². The van der Waals surface area contributed by atoms with Crippen LogP contribution in [0.1, 0.15) is 34.6 Å². The zero-order valence-electron chi connectivity index (χ0n) is 8.64. The maximum absolute atomic E-state index is 11.3. The van der Waals surface area contributed by atoms with E-state index in [2.05, 4.69) is 5.32 Å². The molecule has 0 rings (SSSR count). The van der Waals surface area contributed by atoms with Crippen molar-refractivity contribution in [2.45, 2.75) is 40.2 Å². The summed E-state index contributed by atoms with van der Waals surface area (Å²) in [6.45, 7) is 9.69. The lowest BCUT2D eigenvalue weighted by molar-refractivity contribution is -0.125. The summed E-state index contributed by atoms with van der Waals surface area (Å²) in [6, 6.07) is 0. The summed E-state index contributed by atoms with van der Waals surface area (Å²) < 4.78 is 0. The molecule has 1 N–H and O–H groups in total. The zero-order chi connectivity index (χ0) is 9.78. The summed E-state index contributed by atoms with van der Waals surface area (Å²) in [5, 5.41) is 2.93. The fourth-order valence-electron chi connectivity index (χ4n) is 0.920. The van der Waals surface area contributed by atoms with Crippen molar-refractivity contribution in [2.75, 3.05) is 0 Å². The minimum Gasteiger partial charge on any atom is -0.348 e. The molecule has 0 heterocycles. The van der Waals surface area contributed by atoms with Gasteiger partial charge in [0, 0.05) is 5.92 Å². The summed E-state index contributed by atoms with van der Waals surface area (Å²) >= 11 is 0. The van der Waals surface area contributed by atoms with E-state index in [0.29, 0.717) is 0 Å². The van der Waals surface area contributed by atoms with E-state index in [4.69, 9.17) is 0 Å². The molecule has 0 saturated heterocycles. The second-order valence-electron chi connectivity index (χ2n) is 3.87. The molecule has 70 valence electrons. The Morgan fingerprint density at radius 2 is 1.92 bits per heavy atom. The third-order valence-corrected chi connectivity index (χ3v) is 1.55. The Morgan fingerprint density at radius 3 is 2.25 bits per heavy atom. The Bertz CT molecular complexity index is 180. The molecule has 0 spiro atoms. The lowest BCUT2D eigenvalue weighted by Gasteiger charge is -2.23. The predicted molar refractivity (Wildman–Crippen MR) is 51.9 cm³/mol. The first-order valence-corrected chi connectivity index (χ1v) is 4.35. The van der Waals surface area contributed by atoms with Gasteiger partial charge in [0.1, 0.15) is 0 Å². The normalized spacial score (nSPS) is 12.5. The van der Waals surface area contributed by atoms with E-state index in [1.807, 2.05) is 46.8 Å². The summed E-state index contributed by atoms with van der Waals surface area (Å²) in [6.07, 6.45) is 3.92. The second kappa shape index (κ2) is 4.29. The van der Waals surface area contributed by atoms with Crippen LogP contribution >= 0.6 is 0 Å². The van der Waals surface area contributed by atoms with Crippen LogP contribution in [0.25, 0.3) is 0 Å². The van der Waals surface area contributed by atoms with Gasteiger partial charge in [-0.3, -0.25) is 4.79 Å². The highest BCUT2D eigenvalue weighted by atomic mass is 16.1. The minimum atomic E-state index is -0.226. The maximum atomic E-state index is 11.3. The van der Waals surface area contributed by atoms with Gasteiger partial charge in [-0.15, -0.1) is 0 Å². The zero-order valence-corrected chi connectivity index (χ0v) is 8.64. The smallest absolute Gasteiger partial charge is 0.223 e. The van der Waals surface area contributed by atoms with Gasteiger partial charge in [-0.25, -0.2) is 0 Å². The minimum absolute atomic E-state index is 0.0505. The third-order valence-electron chi connectivity index (χ3n) is 1.55. The topological polar surface area (TPSA) is 29.1 Å². The van der Waals surface area contributed by atoms with Gasteiger partial charge in [-0.1, -0.05) is 26.0 Å². The first kappa shape index (κ1) is 11.2. The molecule has 0 radical (unpaired) electrons. The quantitative estimate of drug-likeness (QED) is 0.644. The molecule has 1 amide bonds. The number of amides is 1. The molecule has 0 aromatic rings. The molecule has 0 aliphatic heterocycles. The second-order valence-corrected chi connectivity index (χ2v) is 3.87. The van der Waals surface area contributed by atoms with Crippen LogP contribution in [0.5, 0.6) is 0 Å². The molecule has 0 fully saturated rings. The van der Waals surface area contributed by atoms with Crippen LogP contribution in [0.3, 0.4) is 0 Å². The lowest BCUT2D eigenvalue weighted by Crippen LogP contribution is -2.43. The average Bonchev–Trinajstić information content (AvgIpc) is 1.85. The van der Waals surface area contributed by atoms with Crippen molar-refractivity contribution in [3.63, 3.8) is 0 Å². The highest BCUT2D eigenvalue weighted by Crippen LogP contribution is 2.05. The predicted octanol–water partition coefficient (Wildman–Crippen LogP) is 2.11. The largest absolute Gasteiger partial charge is 0.348 e. The molecule has 2 heteroatoms. The molecular weight excluding hydrogens is 150 g/mol. The molecule has 0 saturated carbocycles. The van der Waals surface area contributed by atoms with Gasteiger partial charge >= 0.3 is 0 Å².